The van der Waals surface area contributed by atoms with Crippen molar-refractivity contribution in [3.63, 3.8) is 0 Å². The van der Waals surface area contributed by atoms with Gasteiger partial charge in [-0.1, -0.05) is 26.8 Å². The maximum Gasteiger partial charge on any atom is 0.302 e. The van der Waals surface area contributed by atoms with Crippen LogP contribution in [0, 0.1) is 34.0 Å². The monoisotopic (exact) mass is 360 g/mol. The fraction of sp³-hybridized carbons (Fsp3) is 0.818. The maximum atomic E-state index is 13.2. The normalized spacial score (nSPS) is 50.2. The summed E-state index contributed by atoms with van der Waals surface area (Å²) >= 11 is 0. The Morgan fingerprint density at radius 1 is 1.27 bits per heavy atom. The second-order valence-corrected chi connectivity index (χ2v) is 10.0. The van der Waals surface area contributed by atoms with Crippen molar-refractivity contribution in [3.8, 4) is 0 Å². The van der Waals surface area contributed by atoms with Crippen molar-refractivity contribution in [1.82, 2.24) is 0 Å². The zero-order chi connectivity index (χ0) is 18.9. The van der Waals surface area contributed by atoms with Crippen LogP contribution in [0.3, 0.4) is 0 Å². The van der Waals surface area contributed by atoms with Crippen LogP contribution in [0.25, 0.3) is 0 Å². The van der Waals surface area contributed by atoms with Gasteiger partial charge in [0.2, 0.25) is 0 Å². The van der Waals surface area contributed by atoms with Gasteiger partial charge in [0.15, 0.2) is 5.78 Å². The van der Waals surface area contributed by atoms with Crippen LogP contribution in [0.1, 0.15) is 65.7 Å². The fourth-order valence-corrected chi connectivity index (χ4v) is 7.61. The molecule has 144 valence electrons. The van der Waals surface area contributed by atoms with E-state index in [1.165, 1.54) is 6.92 Å². The molecule has 4 aliphatic carbocycles. The third-order valence-corrected chi connectivity index (χ3v) is 8.77. The summed E-state index contributed by atoms with van der Waals surface area (Å²) in [5.41, 5.74) is 0.0337. The highest BCUT2D eigenvalue weighted by Gasteiger charge is 2.70. The van der Waals surface area contributed by atoms with E-state index in [4.69, 9.17) is 4.74 Å². The van der Waals surface area contributed by atoms with E-state index >= 15 is 0 Å². The van der Waals surface area contributed by atoms with Gasteiger partial charge in [-0.05, 0) is 67.3 Å². The summed E-state index contributed by atoms with van der Waals surface area (Å²) in [6.07, 6.45) is 6.04. The molecule has 26 heavy (non-hydrogen) atoms. The Labute approximate surface area is 156 Å². The molecule has 0 unspecified atom stereocenters. The average molecular weight is 360 g/mol. The van der Waals surface area contributed by atoms with Crippen LogP contribution < -0.4 is 0 Å². The largest absolute Gasteiger partial charge is 0.465 e. The molecule has 4 aliphatic rings. The molecule has 4 heteroatoms. The van der Waals surface area contributed by atoms with Gasteiger partial charge in [-0.25, -0.2) is 0 Å². The number of ether oxygens (including phenoxy) is 1. The Kier molecular flexibility index (Phi) is 3.97. The Balaban J connectivity index is 1.74. The molecule has 0 aliphatic heterocycles. The van der Waals surface area contributed by atoms with Crippen LogP contribution in [-0.2, 0) is 14.3 Å². The number of allylic oxidation sites excluding steroid dienone is 1. The second-order valence-electron chi connectivity index (χ2n) is 10.0. The zero-order valence-corrected chi connectivity index (χ0v) is 16.3. The molecule has 4 fully saturated rings. The second kappa shape index (κ2) is 5.67. The van der Waals surface area contributed by atoms with Crippen molar-refractivity contribution in [2.45, 2.75) is 71.8 Å². The minimum Gasteiger partial charge on any atom is -0.465 e. The SMILES string of the molecule is C=C1C(=O)[C@]23C[C@H]1CC[C@@H]2[C@]1(C)CCC[C@](C)(COC(C)=O)[C@@H]1C[C@H]3O. The van der Waals surface area contributed by atoms with Gasteiger partial charge in [-0.3, -0.25) is 9.59 Å². The number of carbonyl (C=O) groups excluding carboxylic acids is 2. The highest BCUT2D eigenvalue weighted by atomic mass is 16.5. The third-order valence-electron chi connectivity index (χ3n) is 8.77. The summed E-state index contributed by atoms with van der Waals surface area (Å²) in [6, 6.07) is 0. The molecular formula is C22H32O4. The van der Waals surface area contributed by atoms with Crippen LogP contribution in [-0.4, -0.2) is 29.6 Å². The molecule has 0 aromatic carbocycles. The minimum atomic E-state index is -0.606. The summed E-state index contributed by atoms with van der Waals surface area (Å²) in [5, 5.41) is 11.3. The van der Waals surface area contributed by atoms with Gasteiger partial charge in [-0.2, -0.15) is 0 Å². The van der Waals surface area contributed by atoms with Gasteiger partial charge in [0.1, 0.15) is 0 Å². The third kappa shape index (κ3) is 2.17. The molecule has 0 aromatic heterocycles. The molecule has 4 nitrogen and oxygen atoms in total. The number of aliphatic hydroxyl groups is 1. The van der Waals surface area contributed by atoms with Crippen molar-refractivity contribution in [3.05, 3.63) is 12.2 Å². The summed E-state index contributed by atoms with van der Waals surface area (Å²) in [6.45, 7) is 10.5. The fourth-order valence-electron chi connectivity index (χ4n) is 7.61. The maximum absolute atomic E-state index is 13.2. The molecule has 0 saturated heterocycles. The first kappa shape index (κ1) is 18.2. The lowest BCUT2D eigenvalue weighted by Gasteiger charge is -2.64. The predicted octanol–water partition coefficient (Wildman–Crippen LogP) is 3.67. The summed E-state index contributed by atoms with van der Waals surface area (Å²) in [4.78, 5) is 24.6. The van der Waals surface area contributed by atoms with Crippen LogP contribution in [0.5, 0.6) is 0 Å². The molecule has 0 amide bonds. The molecule has 1 spiro atoms. The lowest BCUT2D eigenvalue weighted by atomic mass is 9.40. The van der Waals surface area contributed by atoms with Gasteiger partial charge < -0.3 is 9.84 Å². The summed E-state index contributed by atoms with van der Waals surface area (Å²) in [5.74, 6) is 0.652. The highest BCUT2D eigenvalue weighted by Crippen LogP contribution is 2.71. The van der Waals surface area contributed by atoms with Crippen molar-refractivity contribution in [1.29, 1.82) is 0 Å². The Morgan fingerprint density at radius 3 is 2.69 bits per heavy atom. The summed E-state index contributed by atoms with van der Waals surface area (Å²) in [7, 11) is 0. The van der Waals surface area contributed by atoms with Gasteiger partial charge in [0.25, 0.3) is 0 Å². The Bertz CT molecular complexity index is 669. The Hall–Kier alpha value is -1.16. The molecule has 0 aromatic rings. The van der Waals surface area contributed by atoms with Crippen molar-refractivity contribution >= 4 is 11.8 Å². The number of hydrogen-bond donors (Lipinski definition) is 1. The zero-order valence-electron chi connectivity index (χ0n) is 16.3. The van der Waals surface area contributed by atoms with E-state index in [1.54, 1.807) is 0 Å². The van der Waals surface area contributed by atoms with E-state index in [1.807, 2.05) is 0 Å². The number of carbonyl (C=O) groups is 2. The molecule has 7 atom stereocenters. The van der Waals surface area contributed by atoms with Gasteiger partial charge in [0.05, 0.1) is 18.1 Å². The van der Waals surface area contributed by atoms with Crippen molar-refractivity contribution in [2.24, 2.45) is 34.0 Å². The van der Waals surface area contributed by atoms with E-state index < -0.39 is 11.5 Å². The smallest absolute Gasteiger partial charge is 0.302 e. The molecule has 0 heterocycles. The number of rotatable bonds is 2. The number of ketones is 1. The molecule has 4 rings (SSSR count). The number of esters is 1. The lowest BCUT2D eigenvalue weighted by Crippen LogP contribution is -2.64. The minimum absolute atomic E-state index is 0.0115. The first-order chi connectivity index (χ1) is 12.1. The average Bonchev–Trinajstić information content (AvgIpc) is 2.77. The number of aliphatic hydroxyl groups excluding tert-OH is 1. The van der Waals surface area contributed by atoms with Gasteiger partial charge >= 0.3 is 5.97 Å². The molecule has 0 radical (unpaired) electrons. The van der Waals surface area contributed by atoms with E-state index in [0.717, 1.165) is 44.1 Å². The van der Waals surface area contributed by atoms with Crippen LogP contribution in [0.2, 0.25) is 0 Å². The quantitative estimate of drug-likeness (QED) is 0.603. The first-order valence-corrected chi connectivity index (χ1v) is 10.2. The standard InChI is InChI=1S/C22H32O4/c1-13-15-6-7-16-21(4)9-5-8-20(3,12-26-14(2)23)17(21)10-18(24)22(16,11-15)19(13)25/h15-18,24H,1,5-12H2,2-4H3/t15-,16-,17+,18-,20-,21+,22-/m1/s1. The molecule has 4 saturated carbocycles. The first-order valence-electron chi connectivity index (χ1n) is 10.2. The predicted molar refractivity (Wildman–Crippen MR) is 98.2 cm³/mol. The number of fused-ring (bicyclic) bond motifs is 3. The van der Waals surface area contributed by atoms with Crippen molar-refractivity contribution in [2.75, 3.05) is 6.61 Å². The van der Waals surface area contributed by atoms with Gasteiger partial charge in [0, 0.05) is 12.3 Å². The van der Waals surface area contributed by atoms with Gasteiger partial charge in [-0.15, -0.1) is 0 Å². The number of Topliss-reactive ketones (excluding diaryl/α,β-unsaturated/α-hetero) is 1. The highest BCUT2D eigenvalue weighted by molar-refractivity contribution is 6.03. The lowest BCUT2D eigenvalue weighted by molar-refractivity contribution is -0.207. The molecule has 2 bridgehead atoms. The Morgan fingerprint density at radius 2 is 2.00 bits per heavy atom. The van der Waals surface area contributed by atoms with Crippen molar-refractivity contribution < 1.29 is 19.4 Å². The molecular weight excluding hydrogens is 328 g/mol. The van der Waals surface area contributed by atoms with E-state index in [0.29, 0.717) is 13.0 Å². The summed E-state index contributed by atoms with van der Waals surface area (Å²) < 4.78 is 5.45. The number of hydrogen-bond acceptors (Lipinski definition) is 4. The van der Waals surface area contributed by atoms with Crippen LogP contribution in [0.4, 0.5) is 0 Å². The topological polar surface area (TPSA) is 63.6 Å². The van der Waals surface area contributed by atoms with Crippen LogP contribution in [0.15, 0.2) is 12.2 Å². The van der Waals surface area contributed by atoms with E-state index in [-0.39, 0.29) is 40.3 Å². The molecule has 1 N–H and O–H groups in total. The van der Waals surface area contributed by atoms with Crippen LogP contribution >= 0.6 is 0 Å². The van der Waals surface area contributed by atoms with E-state index in [9.17, 15) is 14.7 Å². The van der Waals surface area contributed by atoms with E-state index in [2.05, 4.69) is 20.4 Å².